The number of benzene rings is 8. The average molecular weight is 748 g/mol. The second-order valence-electron chi connectivity index (χ2n) is 17.8. The van der Waals surface area contributed by atoms with Gasteiger partial charge in [-0.3, -0.25) is 0 Å². The molecule has 0 spiro atoms. The predicted molar refractivity (Wildman–Crippen MR) is 245 cm³/mol. The quantitative estimate of drug-likeness (QED) is 0.157. The lowest BCUT2D eigenvalue weighted by atomic mass is 9.82. The summed E-state index contributed by atoms with van der Waals surface area (Å²) in [5.41, 5.74) is 19.3. The molecular weight excluding hydrogens is 699 g/mol. The number of fused-ring (bicyclic) bond motifs is 6. The molecule has 2 bridgehead atoms. The second kappa shape index (κ2) is 13.7. The van der Waals surface area contributed by atoms with Gasteiger partial charge < -0.3 is 4.90 Å². The van der Waals surface area contributed by atoms with Crippen LogP contribution in [0.15, 0.2) is 176 Å². The Hall–Kier alpha value is -6.18. The summed E-state index contributed by atoms with van der Waals surface area (Å²) >= 11 is 0. The van der Waals surface area contributed by atoms with E-state index in [9.17, 15) is 0 Å². The lowest BCUT2D eigenvalue weighted by Crippen LogP contribution is -2.16. The van der Waals surface area contributed by atoms with Crippen LogP contribution in [-0.2, 0) is 5.41 Å². The lowest BCUT2D eigenvalue weighted by Gasteiger charge is -2.28. The largest absolute Gasteiger partial charge is 0.310 e. The molecule has 0 aliphatic heterocycles. The van der Waals surface area contributed by atoms with Gasteiger partial charge in [-0.05, 0) is 158 Å². The van der Waals surface area contributed by atoms with E-state index in [1.165, 1.54) is 103 Å². The molecular formula is C57H49N. The molecule has 2 saturated carbocycles. The highest BCUT2D eigenvalue weighted by molar-refractivity contribution is 6.04. The van der Waals surface area contributed by atoms with E-state index in [1.807, 2.05) is 0 Å². The molecule has 0 amide bonds. The van der Waals surface area contributed by atoms with E-state index in [0.29, 0.717) is 0 Å². The molecule has 3 aliphatic carbocycles. The molecule has 2 fully saturated rings. The van der Waals surface area contributed by atoms with Crippen molar-refractivity contribution in [1.82, 2.24) is 0 Å². The Morgan fingerprint density at radius 2 is 1.14 bits per heavy atom. The van der Waals surface area contributed by atoms with Crippen molar-refractivity contribution in [2.24, 2.45) is 11.8 Å². The van der Waals surface area contributed by atoms with Crippen molar-refractivity contribution < 1.29 is 0 Å². The van der Waals surface area contributed by atoms with Gasteiger partial charge >= 0.3 is 0 Å². The van der Waals surface area contributed by atoms with Gasteiger partial charge in [0.2, 0.25) is 0 Å². The van der Waals surface area contributed by atoms with Crippen LogP contribution in [0.4, 0.5) is 17.1 Å². The summed E-state index contributed by atoms with van der Waals surface area (Å²) < 4.78 is 0. The summed E-state index contributed by atoms with van der Waals surface area (Å²) in [6.07, 6.45) is 5.70. The van der Waals surface area contributed by atoms with Crippen molar-refractivity contribution in [3.05, 3.63) is 198 Å². The normalized spacial score (nSPS) is 18.6. The third-order valence-corrected chi connectivity index (χ3v) is 14.1. The minimum atomic E-state index is -0.0970. The number of aryl methyl sites for hydroxylation is 1. The van der Waals surface area contributed by atoms with E-state index in [1.54, 1.807) is 5.56 Å². The van der Waals surface area contributed by atoms with Crippen molar-refractivity contribution in [3.8, 4) is 44.5 Å². The molecule has 58 heavy (non-hydrogen) atoms. The molecule has 3 unspecified atom stereocenters. The summed E-state index contributed by atoms with van der Waals surface area (Å²) in [6.45, 7) is 7.01. The van der Waals surface area contributed by atoms with Gasteiger partial charge in [-0.25, -0.2) is 0 Å². The summed E-state index contributed by atoms with van der Waals surface area (Å²) in [5.74, 6) is 2.62. The molecule has 0 aromatic heterocycles. The smallest absolute Gasteiger partial charge is 0.0465 e. The van der Waals surface area contributed by atoms with Crippen molar-refractivity contribution in [2.45, 2.75) is 57.8 Å². The highest BCUT2D eigenvalue weighted by Crippen LogP contribution is 2.54. The zero-order valence-electron chi connectivity index (χ0n) is 33.8. The van der Waals surface area contributed by atoms with Gasteiger partial charge in [-0.1, -0.05) is 160 Å². The first-order chi connectivity index (χ1) is 28.4. The molecule has 0 saturated heterocycles. The van der Waals surface area contributed by atoms with Gasteiger partial charge in [-0.15, -0.1) is 0 Å². The maximum atomic E-state index is 2.45. The van der Waals surface area contributed by atoms with E-state index >= 15 is 0 Å². The van der Waals surface area contributed by atoms with Crippen LogP contribution in [0.3, 0.4) is 0 Å². The average Bonchev–Trinajstić information content (AvgIpc) is 3.97. The Labute approximate surface area is 343 Å². The molecule has 0 radical (unpaired) electrons. The number of rotatable bonds is 7. The molecule has 0 N–H and O–H groups in total. The van der Waals surface area contributed by atoms with E-state index in [-0.39, 0.29) is 5.41 Å². The number of hydrogen-bond donors (Lipinski definition) is 0. The number of anilines is 3. The fraction of sp³-hybridized carbons (Fsp3) is 0.193. The summed E-state index contributed by atoms with van der Waals surface area (Å²) in [7, 11) is 0. The van der Waals surface area contributed by atoms with Gasteiger partial charge in [0, 0.05) is 22.5 Å². The topological polar surface area (TPSA) is 3.24 Å². The van der Waals surface area contributed by atoms with Crippen LogP contribution in [0.25, 0.3) is 55.3 Å². The van der Waals surface area contributed by atoms with Crippen LogP contribution in [-0.4, -0.2) is 0 Å². The molecule has 1 heteroatoms. The molecule has 0 heterocycles. The fourth-order valence-electron chi connectivity index (χ4n) is 11.1. The molecule has 11 rings (SSSR count). The third kappa shape index (κ3) is 5.74. The molecule has 282 valence electrons. The van der Waals surface area contributed by atoms with E-state index in [2.05, 4.69) is 202 Å². The van der Waals surface area contributed by atoms with Crippen LogP contribution in [0.1, 0.15) is 67.7 Å². The first-order valence-electron chi connectivity index (χ1n) is 21.3. The maximum Gasteiger partial charge on any atom is 0.0465 e. The van der Waals surface area contributed by atoms with Crippen LogP contribution < -0.4 is 4.90 Å². The first kappa shape index (κ1) is 35.0. The third-order valence-electron chi connectivity index (χ3n) is 14.1. The highest BCUT2D eigenvalue weighted by atomic mass is 15.1. The minimum absolute atomic E-state index is 0.0970. The SMILES string of the molecule is Cc1cccc2c1-c1ccc(N(c3ccc(-c4ccc(C5CC6CCC5C6)cc4)cc3)c3ccc(-c4ccc5ccccc5c4-c4ccccc4)cc3)cc1C2(C)C. The molecule has 3 atom stereocenters. The molecule has 8 aromatic carbocycles. The van der Waals surface area contributed by atoms with Gasteiger partial charge in [0.15, 0.2) is 0 Å². The summed E-state index contributed by atoms with van der Waals surface area (Å²) in [6, 6.07) is 66.0. The number of hydrogen-bond acceptors (Lipinski definition) is 1. The van der Waals surface area contributed by atoms with Gasteiger partial charge in [0.25, 0.3) is 0 Å². The van der Waals surface area contributed by atoms with Gasteiger partial charge in [0.1, 0.15) is 0 Å². The lowest BCUT2D eigenvalue weighted by molar-refractivity contribution is 0.420. The van der Waals surface area contributed by atoms with Crippen LogP contribution in [0.5, 0.6) is 0 Å². The van der Waals surface area contributed by atoms with Crippen molar-refractivity contribution in [1.29, 1.82) is 0 Å². The molecule has 1 nitrogen and oxygen atoms in total. The Bertz CT molecular complexity index is 2810. The number of nitrogens with zero attached hydrogens (tertiary/aromatic N) is 1. The zero-order valence-corrected chi connectivity index (χ0v) is 33.8. The van der Waals surface area contributed by atoms with Crippen molar-refractivity contribution in [3.63, 3.8) is 0 Å². The summed E-state index contributed by atoms with van der Waals surface area (Å²) in [4.78, 5) is 2.44. The zero-order chi connectivity index (χ0) is 39.0. The standard InChI is InChI=1S/C57H49N/c1-37-10-9-15-53-55(37)51-33-31-48(36-54(51)57(53,2)3)58(46-27-22-40(23-28-46)39-18-20-43(21-19-39)52-35-38-16-17-45(52)34-38)47-29-24-42(25-30-47)50-32-26-41-11-7-8-14-49(41)56(50)44-12-5-4-6-13-44/h4-15,18-33,36,38,45,52H,16-17,34-35H2,1-3H3. The van der Waals surface area contributed by atoms with Crippen molar-refractivity contribution >= 4 is 27.8 Å². The second-order valence-corrected chi connectivity index (χ2v) is 17.8. The first-order valence-corrected chi connectivity index (χ1v) is 21.3. The van der Waals surface area contributed by atoms with Crippen molar-refractivity contribution in [2.75, 3.05) is 4.90 Å². The molecule has 3 aliphatic rings. The Kier molecular flexibility index (Phi) is 8.29. The van der Waals surface area contributed by atoms with E-state index in [4.69, 9.17) is 0 Å². The van der Waals surface area contributed by atoms with Gasteiger partial charge in [0.05, 0.1) is 0 Å². The minimum Gasteiger partial charge on any atom is -0.310 e. The highest BCUT2D eigenvalue weighted by Gasteiger charge is 2.40. The van der Waals surface area contributed by atoms with Crippen LogP contribution in [0, 0.1) is 18.8 Å². The maximum absolute atomic E-state index is 2.45. The van der Waals surface area contributed by atoms with Crippen LogP contribution >= 0.6 is 0 Å². The van der Waals surface area contributed by atoms with Crippen LogP contribution in [0.2, 0.25) is 0 Å². The van der Waals surface area contributed by atoms with E-state index < -0.39 is 0 Å². The Morgan fingerprint density at radius 3 is 1.84 bits per heavy atom. The molecule has 8 aromatic rings. The Morgan fingerprint density at radius 1 is 0.483 bits per heavy atom. The predicted octanol–water partition coefficient (Wildman–Crippen LogP) is 15.8. The fourth-order valence-corrected chi connectivity index (χ4v) is 11.1. The summed E-state index contributed by atoms with van der Waals surface area (Å²) in [5, 5.41) is 2.53. The van der Waals surface area contributed by atoms with E-state index in [0.717, 1.165) is 29.1 Å². The van der Waals surface area contributed by atoms with Gasteiger partial charge in [-0.2, -0.15) is 0 Å². The Balaban J connectivity index is 0.990. The monoisotopic (exact) mass is 747 g/mol.